The van der Waals surface area contributed by atoms with Crippen molar-refractivity contribution >= 4 is 0 Å². The van der Waals surface area contributed by atoms with Gasteiger partial charge in [-0.05, 0) is 31.4 Å². The minimum Gasteiger partial charge on any atom is -0.332 e. The van der Waals surface area contributed by atoms with Gasteiger partial charge in [-0.25, -0.2) is 0 Å². The first-order chi connectivity index (χ1) is 7.78. The average molecular weight is 216 g/mol. The summed E-state index contributed by atoms with van der Waals surface area (Å²) in [6.07, 6.45) is 4.67. The highest BCUT2D eigenvalue weighted by Gasteiger charge is 2.39. The summed E-state index contributed by atoms with van der Waals surface area (Å²) in [5.74, 6) is 1.03. The van der Waals surface area contributed by atoms with Gasteiger partial charge in [-0.3, -0.25) is 4.98 Å². The second-order valence-electron chi connectivity index (χ2n) is 4.15. The van der Waals surface area contributed by atoms with Gasteiger partial charge in [0.05, 0.1) is 5.54 Å². The van der Waals surface area contributed by atoms with Crippen molar-refractivity contribution in [1.82, 2.24) is 15.1 Å². The van der Waals surface area contributed by atoms with E-state index in [-0.39, 0.29) is 5.54 Å². The summed E-state index contributed by atoms with van der Waals surface area (Å²) in [5.41, 5.74) is 6.42. The molecule has 0 aromatic carbocycles. The van der Waals surface area contributed by atoms with Gasteiger partial charge < -0.3 is 10.3 Å². The standard InChI is InChI=1S/C11H12N4O/c12-11(5-3-6-11)10-14-9(16-15-10)8-4-1-2-7-13-8/h1-2,4,7H,3,5-6,12H2. The van der Waals surface area contributed by atoms with Crippen LogP contribution in [0.15, 0.2) is 28.9 Å². The molecule has 1 aliphatic carbocycles. The van der Waals surface area contributed by atoms with Crippen LogP contribution in [0.5, 0.6) is 0 Å². The summed E-state index contributed by atoms with van der Waals surface area (Å²) in [4.78, 5) is 8.46. The van der Waals surface area contributed by atoms with Crippen molar-refractivity contribution in [1.29, 1.82) is 0 Å². The van der Waals surface area contributed by atoms with Crippen LogP contribution in [0.1, 0.15) is 25.1 Å². The topological polar surface area (TPSA) is 77.8 Å². The van der Waals surface area contributed by atoms with Crippen molar-refractivity contribution in [3.05, 3.63) is 30.2 Å². The minimum absolute atomic E-state index is 0.378. The van der Waals surface area contributed by atoms with Gasteiger partial charge in [0.2, 0.25) is 0 Å². The first-order valence-electron chi connectivity index (χ1n) is 5.32. The van der Waals surface area contributed by atoms with Gasteiger partial charge in [-0.15, -0.1) is 0 Å². The van der Waals surface area contributed by atoms with Crippen molar-refractivity contribution < 1.29 is 4.52 Å². The van der Waals surface area contributed by atoms with Gasteiger partial charge in [-0.1, -0.05) is 11.2 Å². The third-order valence-corrected chi connectivity index (χ3v) is 3.00. The zero-order valence-corrected chi connectivity index (χ0v) is 8.76. The fourth-order valence-electron chi connectivity index (χ4n) is 1.80. The van der Waals surface area contributed by atoms with E-state index < -0.39 is 0 Å². The Bertz CT molecular complexity index is 490. The number of rotatable bonds is 2. The van der Waals surface area contributed by atoms with Crippen LogP contribution in [0.2, 0.25) is 0 Å². The molecule has 3 rings (SSSR count). The number of nitrogens with zero attached hydrogens (tertiary/aromatic N) is 3. The molecule has 0 saturated heterocycles. The highest BCUT2D eigenvalue weighted by Crippen LogP contribution is 2.37. The summed E-state index contributed by atoms with van der Waals surface area (Å²) in [6, 6.07) is 5.56. The van der Waals surface area contributed by atoms with Gasteiger partial charge in [0.1, 0.15) is 5.69 Å². The van der Waals surface area contributed by atoms with E-state index in [2.05, 4.69) is 15.1 Å². The molecule has 0 unspecified atom stereocenters. The van der Waals surface area contributed by atoms with Crippen LogP contribution >= 0.6 is 0 Å². The summed E-state index contributed by atoms with van der Waals surface area (Å²) in [6.45, 7) is 0. The Morgan fingerprint density at radius 3 is 2.81 bits per heavy atom. The smallest absolute Gasteiger partial charge is 0.276 e. The fourth-order valence-corrected chi connectivity index (χ4v) is 1.80. The van der Waals surface area contributed by atoms with Crippen molar-refractivity contribution in [2.75, 3.05) is 0 Å². The first-order valence-corrected chi connectivity index (χ1v) is 5.32. The molecule has 5 heteroatoms. The Labute approximate surface area is 92.7 Å². The van der Waals surface area contributed by atoms with E-state index in [0.29, 0.717) is 17.4 Å². The molecule has 82 valence electrons. The Morgan fingerprint density at radius 1 is 1.31 bits per heavy atom. The van der Waals surface area contributed by atoms with E-state index in [9.17, 15) is 0 Å². The molecular formula is C11H12N4O. The summed E-state index contributed by atoms with van der Waals surface area (Å²) in [7, 11) is 0. The molecule has 2 heterocycles. The Balaban J connectivity index is 1.94. The molecule has 0 atom stereocenters. The molecule has 0 bridgehead atoms. The highest BCUT2D eigenvalue weighted by molar-refractivity contribution is 5.45. The molecule has 2 N–H and O–H groups in total. The van der Waals surface area contributed by atoms with Crippen molar-refractivity contribution in [3.8, 4) is 11.6 Å². The van der Waals surface area contributed by atoms with E-state index in [4.69, 9.17) is 10.3 Å². The quantitative estimate of drug-likeness (QED) is 0.822. The lowest BCUT2D eigenvalue weighted by Gasteiger charge is -2.34. The summed E-state index contributed by atoms with van der Waals surface area (Å²) >= 11 is 0. The molecule has 5 nitrogen and oxygen atoms in total. The monoisotopic (exact) mass is 216 g/mol. The SMILES string of the molecule is NC1(c2noc(-c3ccccn3)n2)CCC1. The van der Waals surface area contributed by atoms with Crippen LogP contribution < -0.4 is 5.73 Å². The Morgan fingerprint density at radius 2 is 2.19 bits per heavy atom. The van der Waals surface area contributed by atoms with Crippen molar-refractivity contribution in [2.24, 2.45) is 5.73 Å². The Hall–Kier alpha value is -1.75. The number of hydrogen-bond acceptors (Lipinski definition) is 5. The molecule has 0 spiro atoms. The van der Waals surface area contributed by atoms with E-state index in [0.717, 1.165) is 19.3 Å². The number of hydrogen-bond donors (Lipinski definition) is 1. The predicted molar refractivity (Wildman–Crippen MR) is 57.2 cm³/mol. The predicted octanol–water partition coefficient (Wildman–Crippen LogP) is 1.47. The number of pyridine rings is 1. The van der Waals surface area contributed by atoms with E-state index in [1.54, 1.807) is 6.20 Å². The fraction of sp³-hybridized carbons (Fsp3) is 0.364. The van der Waals surface area contributed by atoms with Gasteiger partial charge in [0.15, 0.2) is 5.82 Å². The second kappa shape index (κ2) is 3.38. The maximum Gasteiger partial charge on any atom is 0.276 e. The lowest BCUT2D eigenvalue weighted by molar-refractivity contribution is 0.229. The maximum absolute atomic E-state index is 6.11. The minimum atomic E-state index is -0.378. The lowest BCUT2D eigenvalue weighted by Crippen LogP contribution is -2.44. The number of nitrogens with two attached hydrogens (primary N) is 1. The number of aromatic nitrogens is 3. The molecule has 16 heavy (non-hydrogen) atoms. The van der Waals surface area contributed by atoms with Crippen LogP contribution in [0, 0.1) is 0 Å². The van der Waals surface area contributed by atoms with Crippen LogP contribution in [0.4, 0.5) is 0 Å². The van der Waals surface area contributed by atoms with Crippen molar-refractivity contribution in [3.63, 3.8) is 0 Å². The average Bonchev–Trinajstić information content (AvgIpc) is 2.77. The summed E-state index contributed by atoms with van der Waals surface area (Å²) in [5, 5.41) is 3.94. The molecule has 1 fully saturated rings. The van der Waals surface area contributed by atoms with Gasteiger partial charge >= 0.3 is 0 Å². The molecule has 0 amide bonds. The van der Waals surface area contributed by atoms with Crippen LogP contribution in [-0.4, -0.2) is 15.1 Å². The Kier molecular flexibility index (Phi) is 2.00. The molecule has 2 aromatic heterocycles. The van der Waals surface area contributed by atoms with Gasteiger partial charge in [-0.2, -0.15) is 4.98 Å². The lowest BCUT2D eigenvalue weighted by atomic mass is 9.77. The van der Waals surface area contributed by atoms with E-state index >= 15 is 0 Å². The summed E-state index contributed by atoms with van der Waals surface area (Å²) < 4.78 is 5.17. The second-order valence-corrected chi connectivity index (χ2v) is 4.15. The third-order valence-electron chi connectivity index (χ3n) is 3.00. The molecule has 0 aliphatic heterocycles. The molecular weight excluding hydrogens is 204 g/mol. The van der Waals surface area contributed by atoms with E-state index in [1.807, 2.05) is 18.2 Å². The highest BCUT2D eigenvalue weighted by atomic mass is 16.5. The van der Waals surface area contributed by atoms with Crippen LogP contribution in [0.3, 0.4) is 0 Å². The van der Waals surface area contributed by atoms with Gasteiger partial charge in [0.25, 0.3) is 5.89 Å². The first kappa shape index (κ1) is 9.47. The van der Waals surface area contributed by atoms with Crippen molar-refractivity contribution in [2.45, 2.75) is 24.8 Å². The zero-order valence-electron chi connectivity index (χ0n) is 8.76. The maximum atomic E-state index is 6.11. The van der Waals surface area contributed by atoms with E-state index in [1.165, 1.54) is 0 Å². The largest absolute Gasteiger partial charge is 0.332 e. The van der Waals surface area contributed by atoms with Crippen LogP contribution in [-0.2, 0) is 5.54 Å². The zero-order chi connectivity index (χ0) is 11.0. The molecule has 1 saturated carbocycles. The normalized spacial score (nSPS) is 18.1. The third kappa shape index (κ3) is 1.40. The molecule has 1 aliphatic rings. The van der Waals surface area contributed by atoms with Gasteiger partial charge in [0, 0.05) is 6.20 Å². The van der Waals surface area contributed by atoms with Crippen LogP contribution in [0.25, 0.3) is 11.6 Å². The molecule has 0 radical (unpaired) electrons. The molecule has 2 aromatic rings.